The fraction of sp³-hybridized carbons (Fsp3) is 0.375. The van der Waals surface area contributed by atoms with Gasteiger partial charge in [-0.15, -0.1) is 0 Å². The molecule has 4 heteroatoms. The molecule has 106 valence electrons. The third-order valence-corrected chi connectivity index (χ3v) is 3.58. The van der Waals surface area contributed by atoms with Gasteiger partial charge in [0.05, 0.1) is 5.52 Å². The van der Waals surface area contributed by atoms with Gasteiger partial charge in [-0.1, -0.05) is 19.1 Å². The largest absolute Gasteiger partial charge is 0.352 e. The van der Waals surface area contributed by atoms with Crippen molar-refractivity contribution in [2.75, 3.05) is 0 Å². The third-order valence-electron chi connectivity index (χ3n) is 3.58. The number of carbonyl (C=O) groups excluding carboxylic acids is 1. The first-order valence-corrected chi connectivity index (χ1v) is 6.91. The van der Waals surface area contributed by atoms with Gasteiger partial charge >= 0.3 is 0 Å². The fourth-order valence-corrected chi connectivity index (χ4v) is 2.21. The number of nitrogens with one attached hydrogen (secondary N) is 2. The molecule has 0 atom stereocenters. The van der Waals surface area contributed by atoms with Gasteiger partial charge in [-0.2, -0.15) is 0 Å². The minimum atomic E-state index is -0.136. The Kier molecular flexibility index (Phi) is 4.23. The van der Waals surface area contributed by atoms with E-state index in [1.165, 1.54) is 0 Å². The molecule has 0 saturated heterocycles. The second-order valence-corrected chi connectivity index (χ2v) is 5.12. The molecule has 2 rings (SSSR count). The summed E-state index contributed by atoms with van der Waals surface area (Å²) in [6.07, 6.45) is 1.29. The predicted molar refractivity (Wildman–Crippen MR) is 80.8 cm³/mol. The zero-order valence-electron chi connectivity index (χ0n) is 12.2. The van der Waals surface area contributed by atoms with E-state index < -0.39 is 0 Å². The molecule has 4 nitrogen and oxygen atoms in total. The van der Waals surface area contributed by atoms with E-state index in [1.807, 2.05) is 39.0 Å². The predicted octanol–water partition coefficient (Wildman–Crippen LogP) is 2.56. The molecular weight excluding hydrogens is 252 g/mol. The number of pyridine rings is 1. The number of benzene rings is 1. The molecule has 0 bridgehead atoms. The minimum Gasteiger partial charge on any atom is -0.352 e. The van der Waals surface area contributed by atoms with E-state index in [1.54, 1.807) is 0 Å². The van der Waals surface area contributed by atoms with Crippen LogP contribution in [0.3, 0.4) is 0 Å². The number of hydrogen-bond donors (Lipinski definition) is 2. The molecule has 1 aromatic heterocycles. The third kappa shape index (κ3) is 2.90. The Hall–Kier alpha value is -2.10. The van der Waals surface area contributed by atoms with Gasteiger partial charge < -0.3 is 10.3 Å². The Morgan fingerprint density at radius 1 is 1.30 bits per heavy atom. The van der Waals surface area contributed by atoms with Crippen molar-refractivity contribution >= 4 is 16.8 Å². The molecule has 2 aromatic rings. The molecule has 0 aliphatic rings. The van der Waals surface area contributed by atoms with Gasteiger partial charge in [0.2, 0.25) is 5.91 Å². The maximum atomic E-state index is 12.1. The summed E-state index contributed by atoms with van der Waals surface area (Å²) >= 11 is 0. The lowest BCUT2D eigenvalue weighted by Crippen LogP contribution is -2.26. The average molecular weight is 272 g/mol. The van der Waals surface area contributed by atoms with Gasteiger partial charge in [-0.25, -0.2) is 0 Å². The van der Waals surface area contributed by atoms with Crippen LogP contribution in [0, 0.1) is 13.8 Å². The second-order valence-electron chi connectivity index (χ2n) is 5.12. The summed E-state index contributed by atoms with van der Waals surface area (Å²) in [4.78, 5) is 26.4. The van der Waals surface area contributed by atoms with Gasteiger partial charge in [-0.3, -0.25) is 9.59 Å². The number of amides is 1. The molecule has 0 saturated carbocycles. The van der Waals surface area contributed by atoms with Gasteiger partial charge in [0.15, 0.2) is 0 Å². The van der Waals surface area contributed by atoms with Gasteiger partial charge in [0.1, 0.15) is 0 Å². The van der Waals surface area contributed by atoms with Gasteiger partial charge in [-0.05, 0) is 42.8 Å². The van der Waals surface area contributed by atoms with E-state index in [-0.39, 0.29) is 18.0 Å². The second kappa shape index (κ2) is 5.90. The Morgan fingerprint density at radius 2 is 2.05 bits per heavy atom. The molecule has 0 spiro atoms. The van der Waals surface area contributed by atoms with Crippen molar-refractivity contribution in [3.05, 3.63) is 45.2 Å². The van der Waals surface area contributed by atoms with Crippen molar-refractivity contribution in [2.45, 2.75) is 40.2 Å². The summed E-state index contributed by atoms with van der Waals surface area (Å²) in [5, 5.41) is 3.77. The van der Waals surface area contributed by atoms with Crippen molar-refractivity contribution in [3.63, 3.8) is 0 Å². The first-order chi connectivity index (χ1) is 9.52. The zero-order valence-corrected chi connectivity index (χ0v) is 12.2. The molecule has 1 heterocycles. The van der Waals surface area contributed by atoms with Crippen molar-refractivity contribution in [2.24, 2.45) is 0 Å². The van der Waals surface area contributed by atoms with Gasteiger partial charge in [0, 0.05) is 18.5 Å². The maximum Gasteiger partial charge on any atom is 0.253 e. The quantitative estimate of drug-likeness (QED) is 0.898. The van der Waals surface area contributed by atoms with E-state index in [9.17, 15) is 9.59 Å². The number of H-pyrrole nitrogens is 1. The molecule has 0 aliphatic carbocycles. The van der Waals surface area contributed by atoms with Crippen LogP contribution < -0.4 is 10.9 Å². The number of rotatable bonds is 4. The summed E-state index contributed by atoms with van der Waals surface area (Å²) in [5.74, 6) is -0.0212. The molecule has 0 radical (unpaired) electrons. The van der Waals surface area contributed by atoms with Crippen LogP contribution in [0.5, 0.6) is 0 Å². The highest BCUT2D eigenvalue weighted by molar-refractivity contribution is 5.83. The highest BCUT2D eigenvalue weighted by Crippen LogP contribution is 2.18. The smallest absolute Gasteiger partial charge is 0.253 e. The molecule has 0 aliphatic heterocycles. The number of aryl methyl sites for hydroxylation is 2. The lowest BCUT2D eigenvalue weighted by atomic mass is 10.0. The summed E-state index contributed by atoms with van der Waals surface area (Å²) in [6, 6.07) is 5.88. The Bertz CT molecular complexity index is 701. The Balaban J connectivity index is 2.32. The molecule has 0 unspecified atom stereocenters. The number of aromatic nitrogens is 1. The Labute approximate surface area is 118 Å². The molecule has 2 N–H and O–H groups in total. The number of hydrogen-bond acceptors (Lipinski definition) is 2. The summed E-state index contributed by atoms with van der Waals surface area (Å²) in [5.41, 5.74) is 3.56. The summed E-state index contributed by atoms with van der Waals surface area (Å²) < 4.78 is 0. The van der Waals surface area contributed by atoms with E-state index in [2.05, 4.69) is 10.3 Å². The van der Waals surface area contributed by atoms with Crippen molar-refractivity contribution in [1.29, 1.82) is 0 Å². The fourth-order valence-electron chi connectivity index (χ4n) is 2.21. The average Bonchev–Trinajstić information content (AvgIpc) is 2.42. The van der Waals surface area contributed by atoms with Crippen LogP contribution in [0.25, 0.3) is 10.9 Å². The van der Waals surface area contributed by atoms with E-state index in [4.69, 9.17) is 0 Å². The lowest BCUT2D eigenvalue weighted by Gasteiger charge is -2.08. The van der Waals surface area contributed by atoms with Crippen molar-refractivity contribution < 1.29 is 4.79 Å². The standard InChI is InChI=1S/C16H20N2O2/c1-4-5-14(19)17-9-13-8-12-7-6-10(2)11(3)15(12)18-16(13)20/h6-8H,4-5,9H2,1-3H3,(H,17,19)(H,18,20). The Morgan fingerprint density at radius 3 is 2.75 bits per heavy atom. The molecule has 1 aromatic carbocycles. The van der Waals surface area contributed by atoms with Gasteiger partial charge in [0.25, 0.3) is 5.56 Å². The molecule has 0 fully saturated rings. The van der Waals surface area contributed by atoms with E-state index in [0.717, 1.165) is 28.5 Å². The minimum absolute atomic E-state index is 0.0212. The van der Waals surface area contributed by atoms with Crippen molar-refractivity contribution in [3.8, 4) is 0 Å². The van der Waals surface area contributed by atoms with E-state index in [0.29, 0.717) is 12.0 Å². The van der Waals surface area contributed by atoms with Crippen LogP contribution in [0.2, 0.25) is 0 Å². The van der Waals surface area contributed by atoms with Crippen molar-refractivity contribution in [1.82, 2.24) is 10.3 Å². The van der Waals surface area contributed by atoms with E-state index >= 15 is 0 Å². The normalized spacial score (nSPS) is 10.8. The molecule has 1 amide bonds. The van der Waals surface area contributed by atoms with Crippen LogP contribution >= 0.6 is 0 Å². The maximum absolute atomic E-state index is 12.1. The van der Waals surface area contributed by atoms with Crippen LogP contribution in [0.4, 0.5) is 0 Å². The summed E-state index contributed by atoms with van der Waals surface area (Å²) in [6.45, 7) is 6.24. The van der Waals surface area contributed by atoms with Crippen LogP contribution in [-0.4, -0.2) is 10.9 Å². The zero-order chi connectivity index (χ0) is 14.7. The molecule has 20 heavy (non-hydrogen) atoms. The first kappa shape index (κ1) is 14.3. The molecular formula is C16H20N2O2. The van der Waals surface area contributed by atoms with Crippen LogP contribution in [0.1, 0.15) is 36.5 Å². The number of aromatic amines is 1. The first-order valence-electron chi connectivity index (χ1n) is 6.91. The monoisotopic (exact) mass is 272 g/mol. The summed E-state index contributed by atoms with van der Waals surface area (Å²) in [7, 11) is 0. The SMILES string of the molecule is CCCC(=O)NCc1cc2ccc(C)c(C)c2[nH]c1=O. The lowest BCUT2D eigenvalue weighted by molar-refractivity contribution is -0.121. The highest BCUT2D eigenvalue weighted by Gasteiger charge is 2.07. The highest BCUT2D eigenvalue weighted by atomic mass is 16.1. The number of fused-ring (bicyclic) bond motifs is 1. The van der Waals surface area contributed by atoms with Crippen LogP contribution in [0.15, 0.2) is 23.0 Å². The number of carbonyl (C=O) groups is 1. The topological polar surface area (TPSA) is 62.0 Å². The van der Waals surface area contributed by atoms with Crippen LogP contribution in [-0.2, 0) is 11.3 Å².